The van der Waals surface area contributed by atoms with Gasteiger partial charge in [-0.15, -0.1) is 0 Å². The number of benzene rings is 1. The second-order valence-electron chi connectivity index (χ2n) is 5.96. The maximum atomic E-state index is 12.2. The third-order valence-corrected chi connectivity index (χ3v) is 5.03. The Morgan fingerprint density at radius 1 is 1.25 bits per heavy atom. The summed E-state index contributed by atoms with van der Waals surface area (Å²) < 4.78 is 0.955. The molecule has 2 rings (SSSR count). The summed E-state index contributed by atoms with van der Waals surface area (Å²) in [6.45, 7) is 5.08. The number of halogens is 1. The molecule has 1 aromatic carbocycles. The van der Waals surface area contributed by atoms with Gasteiger partial charge in [-0.25, -0.2) is 0 Å². The van der Waals surface area contributed by atoms with E-state index in [2.05, 4.69) is 28.2 Å². The summed E-state index contributed by atoms with van der Waals surface area (Å²) in [5.41, 5.74) is 1.81. The molecule has 3 heteroatoms. The maximum Gasteiger partial charge on any atom is 0.251 e. The van der Waals surface area contributed by atoms with Crippen molar-refractivity contribution >= 4 is 21.8 Å². The van der Waals surface area contributed by atoms with Gasteiger partial charge < -0.3 is 5.32 Å². The number of carbonyl (C=O) groups excluding carboxylic acids is 1. The minimum absolute atomic E-state index is 0.0569. The summed E-state index contributed by atoms with van der Waals surface area (Å²) in [6.07, 6.45) is 6.47. The molecule has 1 fully saturated rings. The van der Waals surface area contributed by atoms with Crippen molar-refractivity contribution in [2.75, 3.05) is 6.54 Å². The highest BCUT2D eigenvalue weighted by atomic mass is 79.9. The highest BCUT2D eigenvalue weighted by Gasteiger charge is 2.20. The maximum absolute atomic E-state index is 12.2. The predicted octanol–water partition coefficient (Wildman–Crippen LogP) is 4.70. The lowest BCUT2D eigenvalue weighted by Crippen LogP contribution is -2.31. The Labute approximate surface area is 130 Å². The normalized spacial score (nSPS) is 22.6. The van der Waals surface area contributed by atoms with E-state index in [-0.39, 0.29) is 5.91 Å². The first-order chi connectivity index (χ1) is 9.60. The Morgan fingerprint density at radius 3 is 2.55 bits per heavy atom. The van der Waals surface area contributed by atoms with Crippen LogP contribution in [0.2, 0.25) is 0 Å². The SMILES string of the molecule is CCC1CCC(CNC(=O)c2cc(Br)ccc2C)CC1. The van der Waals surface area contributed by atoms with E-state index in [4.69, 9.17) is 0 Å². The van der Waals surface area contributed by atoms with Crippen molar-refractivity contribution < 1.29 is 4.79 Å². The van der Waals surface area contributed by atoms with Crippen LogP contribution in [0.4, 0.5) is 0 Å². The largest absolute Gasteiger partial charge is 0.352 e. The van der Waals surface area contributed by atoms with Crippen LogP contribution in [0.5, 0.6) is 0 Å². The second-order valence-corrected chi connectivity index (χ2v) is 6.88. The van der Waals surface area contributed by atoms with Gasteiger partial charge in [-0.05, 0) is 49.3 Å². The molecule has 0 radical (unpaired) electrons. The molecule has 0 spiro atoms. The van der Waals surface area contributed by atoms with E-state index in [1.165, 1.54) is 32.1 Å². The van der Waals surface area contributed by atoms with Crippen LogP contribution in [-0.4, -0.2) is 12.5 Å². The molecule has 0 saturated heterocycles. The fraction of sp³-hybridized carbons (Fsp3) is 0.588. The molecule has 20 heavy (non-hydrogen) atoms. The van der Waals surface area contributed by atoms with Crippen LogP contribution in [0.1, 0.15) is 54.9 Å². The zero-order valence-electron chi connectivity index (χ0n) is 12.4. The number of nitrogens with one attached hydrogen (secondary N) is 1. The highest BCUT2D eigenvalue weighted by Crippen LogP contribution is 2.30. The quantitative estimate of drug-likeness (QED) is 0.847. The number of rotatable bonds is 4. The first kappa shape index (κ1) is 15.6. The summed E-state index contributed by atoms with van der Waals surface area (Å²) in [7, 11) is 0. The van der Waals surface area contributed by atoms with Crippen LogP contribution >= 0.6 is 15.9 Å². The minimum Gasteiger partial charge on any atom is -0.352 e. The van der Waals surface area contributed by atoms with Gasteiger partial charge >= 0.3 is 0 Å². The van der Waals surface area contributed by atoms with Crippen molar-refractivity contribution in [3.8, 4) is 0 Å². The topological polar surface area (TPSA) is 29.1 Å². The number of carbonyl (C=O) groups is 1. The molecule has 0 bridgehead atoms. The first-order valence-electron chi connectivity index (χ1n) is 7.64. The van der Waals surface area contributed by atoms with Gasteiger partial charge in [0.15, 0.2) is 0 Å². The average Bonchev–Trinajstić information content (AvgIpc) is 2.47. The second kappa shape index (κ2) is 7.26. The van der Waals surface area contributed by atoms with E-state index in [0.717, 1.165) is 28.1 Å². The fourth-order valence-electron chi connectivity index (χ4n) is 3.01. The van der Waals surface area contributed by atoms with Gasteiger partial charge in [0.1, 0.15) is 0 Å². The molecule has 1 amide bonds. The van der Waals surface area contributed by atoms with Crippen LogP contribution < -0.4 is 5.32 Å². The monoisotopic (exact) mass is 337 g/mol. The molecule has 0 aromatic heterocycles. The number of hydrogen-bond acceptors (Lipinski definition) is 1. The van der Waals surface area contributed by atoms with Crippen LogP contribution in [0.15, 0.2) is 22.7 Å². The van der Waals surface area contributed by atoms with Crippen LogP contribution in [-0.2, 0) is 0 Å². The molecule has 1 aliphatic rings. The van der Waals surface area contributed by atoms with E-state index < -0.39 is 0 Å². The highest BCUT2D eigenvalue weighted by molar-refractivity contribution is 9.10. The molecule has 0 atom stereocenters. The molecular weight excluding hydrogens is 314 g/mol. The van der Waals surface area contributed by atoms with E-state index in [0.29, 0.717) is 5.92 Å². The summed E-state index contributed by atoms with van der Waals surface area (Å²) in [5.74, 6) is 1.63. The lowest BCUT2D eigenvalue weighted by Gasteiger charge is -2.27. The lowest BCUT2D eigenvalue weighted by atomic mass is 9.81. The van der Waals surface area contributed by atoms with Crippen LogP contribution in [0, 0.1) is 18.8 Å². The Bertz CT molecular complexity index is 464. The standard InChI is InChI=1S/C17H24BrNO/c1-3-13-5-7-14(8-6-13)11-19-17(20)16-10-15(18)9-4-12(16)2/h4,9-10,13-14H,3,5-8,11H2,1-2H3,(H,19,20). The zero-order valence-corrected chi connectivity index (χ0v) is 14.0. The van der Waals surface area contributed by atoms with Crippen molar-refractivity contribution in [3.05, 3.63) is 33.8 Å². The Morgan fingerprint density at radius 2 is 1.90 bits per heavy atom. The fourth-order valence-corrected chi connectivity index (χ4v) is 3.38. The summed E-state index contributed by atoms with van der Waals surface area (Å²) in [4.78, 5) is 12.2. The molecule has 0 aliphatic heterocycles. The van der Waals surface area contributed by atoms with E-state index in [9.17, 15) is 4.79 Å². The third kappa shape index (κ3) is 4.08. The molecule has 1 aliphatic carbocycles. The van der Waals surface area contributed by atoms with E-state index >= 15 is 0 Å². The molecule has 1 N–H and O–H groups in total. The molecule has 0 heterocycles. The van der Waals surface area contributed by atoms with E-state index in [1.54, 1.807) is 0 Å². The summed E-state index contributed by atoms with van der Waals surface area (Å²) in [5, 5.41) is 3.11. The number of hydrogen-bond donors (Lipinski definition) is 1. The van der Waals surface area contributed by atoms with Gasteiger partial charge in [-0.1, -0.05) is 48.2 Å². The van der Waals surface area contributed by atoms with Crippen molar-refractivity contribution in [1.29, 1.82) is 0 Å². The van der Waals surface area contributed by atoms with Gasteiger partial charge in [0.25, 0.3) is 5.91 Å². The predicted molar refractivity (Wildman–Crippen MR) is 87.0 cm³/mol. The zero-order chi connectivity index (χ0) is 14.5. The molecule has 2 nitrogen and oxygen atoms in total. The number of amides is 1. The Balaban J connectivity index is 1.85. The molecular formula is C17H24BrNO. The van der Waals surface area contributed by atoms with Crippen LogP contribution in [0.25, 0.3) is 0 Å². The molecule has 110 valence electrons. The van der Waals surface area contributed by atoms with Gasteiger partial charge in [0.2, 0.25) is 0 Å². The van der Waals surface area contributed by atoms with Gasteiger partial charge in [0.05, 0.1) is 0 Å². The summed E-state index contributed by atoms with van der Waals surface area (Å²) in [6, 6.07) is 5.85. The van der Waals surface area contributed by atoms with E-state index in [1.807, 2.05) is 25.1 Å². The minimum atomic E-state index is 0.0569. The molecule has 1 aromatic rings. The smallest absolute Gasteiger partial charge is 0.251 e. The number of aryl methyl sites for hydroxylation is 1. The third-order valence-electron chi connectivity index (χ3n) is 4.54. The van der Waals surface area contributed by atoms with Gasteiger partial charge in [0, 0.05) is 16.6 Å². The van der Waals surface area contributed by atoms with Gasteiger partial charge in [-0.3, -0.25) is 4.79 Å². The van der Waals surface area contributed by atoms with Crippen molar-refractivity contribution in [1.82, 2.24) is 5.32 Å². The van der Waals surface area contributed by atoms with Crippen molar-refractivity contribution in [2.45, 2.75) is 46.0 Å². The Hall–Kier alpha value is -0.830. The van der Waals surface area contributed by atoms with Crippen LogP contribution in [0.3, 0.4) is 0 Å². The first-order valence-corrected chi connectivity index (χ1v) is 8.43. The van der Waals surface area contributed by atoms with Crippen molar-refractivity contribution in [2.24, 2.45) is 11.8 Å². The Kier molecular flexibility index (Phi) is 5.64. The van der Waals surface area contributed by atoms with Gasteiger partial charge in [-0.2, -0.15) is 0 Å². The molecule has 1 saturated carbocycles. The summed E-state index contributed by atoms with van der Waals surface area (Å²) >= 11 is 3.43. The lowest BCUT2D eigenvalue weighted by molar-refractivity contribution is 0.0940. The molecule has 0 unspecified atom stereocenters. The average molecular weight is 338 g/mol. The van der Waals surface area contributed by atoms with Crippen molar-refractivity contribution in [3.63, 3.8) is 0 Å².